The highest BCUT2D eigenvalue weighted by Gasteiger charge is 2.27. The first-order valence-electron chi connectivity index (χ1n) is 8.54. The quantitative estimate of drug-likeness (QED) is 0.637. The van der Waals surface area contributed by atoms with E-state index >= 15 is 0 Å². The van der Waals surface area contributed by atoms with E-state index in [0.29, 0.717) is 17.7 Å². The molecule has 1 saturated heterocycles. The number of nitrogens with one attached hydrogen (secondary N) is 3. The first kappa shape index (κ1) is 22.7. The van der Waals surface area contributed by atoms with Crippen molar-refractivity contribution in [3.05, 3.63) is 23.8 Å². The lowest BCUT2D eigenvalue weighted by Crippen LogP contribution is -2.48. The molecule has 0 aliphatic carbocycles. The van der Waals surface area contributed by atoms with E-state index in [-0.39, 0.29) is 41.7 Å². The van der Waals surface area contributed by atoms with Gasteiger partial charge in [0.25, 0.3) is 0 Å². The maximum atomic E-state index is 12.7. The number of halogens is 1. The van der Waals surface area contributed by atoms with Gasteiger partial charge in [-0.25, -0.2) is 13.1 Å². The second-order valence-corrected chi connectivity index (χ2v) is 8.02. The minimum Gasteiger partial charge on any atom is -0.496 e. The zero-order valence-corrected chi connectivity index (χ0v) is 17.0. The fourth-order valence-electron chi connectivity index (χ4n) is 2.84. The summed E-state index contributed by atoms with van der Waals surface area (Å²) in [6, 6.07) is 4.62. The average Bonchev–Trinajstić information content (AvgIpc) is 2.61. The number of benzene rings is 1. The van der Waals surface area contributed by atoms with Crippen molar-refractivity contribution in [3.63, 3.8) is 0 Å². The number of hydrogen-bond acceptors (Lipinski definition) is 5. The van der Waals surface area contributed by atoms with Gasteiger partial charge in [0.05, 0.1) is 12.0 Å². The molecule has 2 unspecified atom stereocenters. The van der Waals surface area contributed by atoms with E-state index in [2.05, 4.69) is 15.4 Å². The van der Waals surface area contributed by atoms with Crippen LogP contribution in [-0.4, -0.2) is 40.6 Å². The van der Waals surface area contributed by atoms with Gasteiger partial charge in [-0.1, -0.05) is 13.8 Å². The van der Waals surface area contributed by atoms with Gasteiger partial charge in [0.15, 0.2) is 0 Å². The molecule has 0 aromatic heterocycles. The molecule has 1 amide bonds. The lowest BCUT2D eigenvalue weighted by Gasteiger charge is -2.30. The third kappa shape index (κ3) is 5.84. The SMILES string of the molecule is CCC(=O)NCc1cc(S(=O)(=O)NC2CCNCC2C)ccc1OC.Cl. The molecule has 2 rings (SSSR count). The van der Waals surface area contributed by atoms with Crippen molar-refractivity contribution in [1.82, 2.24) is 15.4 Å². The van der Waals surface area contributed by atoms with Gasteiger partial charge in [0, 0.05) is 24.6 Å². The van der Waals surface area contributed by atoms with Gasteiger partial charge in [0.2, 0.25) is 15.9 Å². The molecular weight excluding hydrogens is 378 g/mol. The topological polar surface area (TPSA) is 96.5 Å². The molecule has 0 radical (unpaired) electrons. The third-order valence-electron chi connectivity index (χ3n) is 4.45. The van der Waals surface area contributed by atoms with Crippen LogP contribution < -0.4 is 20.1 Å². The predicted octanol–water partition coefficient (Wildman–Crippen LogP) is 1.42. The van der Waals surface area contributed by atoms with Gasteiger partial charge in [-0.2, -0.15) is 0 Å². The molecule has 9 heteroatoms. The number of ether oxygens (including phenoxy) is 1. The Balaban J connectivity index is 0.00000338. The Bertz CT molecular complexity index is 712. The summed E-state index contributed by atoms with van der Waals surface area (Å²) >= 11 is 0. The van der Waals surface area contributed by atoms with Crippen LogP contribution in [0.2, 0.25) is 0 Å². The Morgan fingerprint density at radius 3 is 2.73 bits per heavy atom. The Morgan fingerprint density at radius 1 is 1.38 bits per heavy atom. The second kappa shape index (κ2) is 10.1. The molecule has 0 spiro atoms. The number of sulfonamides is 1. The van der Waals surface area contributed by atoms with E-state index in [1.54, 1.807) is 19.1 Å². The average molecular weight is 406 g/mol. The van der Waals surface area contributed by atoms with Gasteiger partial charge in [0.1, 0.15) is 5.75 Å². The van der Waals surface area contributed by atoms with Crippen molar-refractivity contribution in [3.8, 4) is 5.75 Å². The molecule has 1 aromatic carbocycles. The summed E-state index contributed by atoms with van der Waals surface area (Å²) in [5.74, 6) is 0.674. The highest BCUT2D eigenvalue weighted by atomic mass is 35.5. The fourth-order valence-corrected chi connectivity index (χ4v) is 4.26. The second-order valence-electron chi connectivity index (χ2n) is 6.30. The summed E-state index contributed by atoms with van der Waals surface area (Å²) < 4.78 is 33.5. The number of piperidine rings is 1. The maximum absolute atomic E-state index is 12.7. The van der Waals surface area contributed by atoms with Gasteiger partial charge in [-0.3, -0.25) is 4.79 Å². The molecule has 2 atom stereocenters. The molecule has 1 aromatic rings. The highest BCUT2D eigenvalue weighted by Crippen LogP contribution is 2.23. The van der Waals surface area contributed by atoms with E-state index in [1.165, 1.54) is 13.2 Å². The highest BCUT2D eigenvalue weighted by molar-refractivity contribution is 7.89. The molecule has 26 heavy (non-hydrogen) atoms. The van der Waals surface area contributed by atoms with Crippen molar-refractivity contribution in [2.45, 2.75) is 44.2 Å². The van der Waals surface area contributed by atoms with E-state index in [4.69, 9.17) is 4.74 Å². The van der Waals surface area contributed by atoms with Crippen molar-refractivity contribution < 1.29 is 17.9 Å². The summed E-state index contributed by atoms with van der Waals surface area (Å²) in [7, 11) is -2.11. The van der Waals surface area contributed by atoms with Crippen molar-refractivity contribution in [1.29, 1.82) is 0 Å². The minimum atomic E-state index is -3.63. The third-order valence-corrected chi connectivity index (χ3v) is 5.94. The van der Waals surface area contributed by atoms with Gasteiger partial charge < -0.3 is 15.4 Å². The number of methoxy groups -OCH3 is 1. The number of hydrogen-bond donors (Lipinski definition) is 3. The Labute approximate surface area is 161 Å². The van der Waals surface area contributed by atoms with E-state index < -0.39 is 10.0 Å². The fraction of sp³-hybridized carbons (Fsp3) is 0.588. The normalized spacial score (nSPS) is 20.1. The molecule has 148 valence electrons. The summed E-state index contributed by atoms with van der Waals surface area (Å²) in [6.45, 7) is 5.61. The number of carbonyl (C=O) groups is 1. The van der Waals surface area contributed by atoms with Crippen LogP contribution in [0, 0.1) is 5.92 Å². The Morgan fingerprint density at radius 2 is 2.12 bits per heavy atom. The summed E-state index contributed by atoms with van der Waals surface area (Å²) in [4.78, 5) is 11.7. The first-order chi connectivity index (χ1) is 11.9. The largest absolute Gasteiger partial charge is 0.496 e. The van der Waals surface area contributed by atoms with Gasteiger partial charge >= 0.3 is 0 Å². The zero-order valence-electron chi connectivity index (χ0n) is 15.4. The first-order valence-corrected chi connectivity index (χ1v) is 10.0. The van der Waals surface area contributed by atoms with Gasteiger partial charge in [-0.05, 0) is 43.6 Å². The number of amides is 1. The van der Waals surface area contributed by atoms with Crippen LogP contribution in [0.15, 0.2) is 23.1 Å². The smallest absolute Gasteiger partial charge is 0.240 e. The monoisotopic (exact) mass is 405 g/mol. The zero-order chi connectivity index (χ0) is 18.4. The number of rotatable bonds is 7. The lowest BCUT2D eigenvalue weighted by molar-refractivity contribution is -0.120. The molecule has 1 fully saturated rings. The summed E-state index contributed by atoms with van der Waals surface area (Å²) in [5.41, 5.74) is 0.630. The predicted molar refractivity (Wildman–Crippen MR) is 103 cm³/mol. The standard InChI is InChI=1S/C17H27N3O4S.ClH/c1-4-17(21)19-11-13-9-14(5-6-16(13)24-3)25(22,23)20-15-7-8-18-10-12(15)2;/h5-6,9,12,15,18,20H,4,7-8,10-11H2,1-3H3,(H,19,21);1H. The Hall–Kier alpha value is -1.35. The molecule has 7 nitrogen and oxygen atoms in total. The molecule has 3 N–H and O–H groups in total. The molecule has 1 heterocycles. The van der Waals surface area contributed by atoms with E-state index in [0.717, 1.165) is 19.5 Å². The summed E-state index contributed by atoms with van der Waals surface area (Å²) in [5, 5.41) is 6.00. The molecule has 0 saturated carbocycles. The van der Waals surface area contributed by atoms with E-state index in [9.17, 15) is 13.2 Å². The lowest BCUT2D eigenvalue weighted by atomic mass is 9.97. The van der Waals surface area contributed by atoms with Crippen LogP contribution in [-0.2, 0) is 21.4 Å². The molecule has 1 aliphatic heterocycles. The van der Waals surface area contributed by atoms with Crippen LogP contribution >= 0.6 is 12.4 Å². The number of carbonyl (C=O) groups excluding carboxylic acids is 1. The minimum absolute atomic E-state index is 0. The Kier molecular flexibility index (Phi) is 8.82. The van der Waals surface area contributed by atoms with Crippen molar-refractivity contribution in [2.75, 3.05) is 20.2 Å². The maximum Gasteiger partial charge on any atom is 0.240 e. The van der Waals surface area contributed by atoms with Crippen LogP contribution in [0.5, 0.6) is 5.75 Å². The molecule has 1 aliphatic rings. The molecular formula is C17H28ClN3O4S. The van der Waals surface area contributed by atoms with E-state index in [1.807, 2.05) is 6.92 Å². The summed E-state index contributed by atoms with van der Waals surface area (Å²) in [6.07, 6.45) is 1.13. The van der Waals surface area contributed by atoms with Crippen LogP contribution in [0.1, 0.15) is 32.3 Å². The van der Waals surface area contributed by atoms with Gasteiger partial charge in [-0.15, -0.1) is 12.4 Å². The van der Waals surface area contributed by atoms with Crippen molar-refractivity contribution in [2.24, 2.45) is 5.92 Å². The van der Waals surface area contributed by atoms with Crippen LogP contribution in [0.25, 0.3) is 0 Å². The van der Waals surface area contributed by atoms with Crippen LogP contribution in [0.3, 0.4) is 0 Å². The van der Waals surface area contributed by atoms with Crippen LogP contribution in [0.4, 0.5) is 0 Å². The molecule has 0 bridgehead atoms. The van der Waals surface area contributed by atoms with Crippen molar-refractivity contribution >= 4 is 28.3 Å².